The van der Waals surface area contributed by atoms with Gasteiger partial charge in [-0.15, -0.1) is 0 Å². The number of halogens is 1. The maximum atomic E-state index is 11.1. The Morgan fingerprint density at radius 1 is 1.60 bits per heavy atom. The van der Waals surface area contributed by atoms with Gasteiger partial charge in [0.05, 0.1) is 0 Å². The van der Waals surface area contributed by atoms with Crippen LogP contribution in [0.25, 0.3) is 0 Å². The molecule has 0 saturated heterocycles. The predicted molar refractivity (Wildman–Crippen MR) is 57.2 cm³/mol. The fourth-order valence-electron chi connectivity index (χ4n) is 0.807. The Balaban J connectivity index is 2.35. The Hall–Kier alpha value is -1.04. The van der Waals surface area contributed by atoms with Gasteiger partial charge >= 0.3 is 6.16 Å². The maximum Gasteiger partial charge on any atom is 0.510 e. The number of rotatable bonds is 2. The number of hydrogen-bond acceptors (Lipinski definition) is 4. The van der Waals surface area contributed by atoms with Crippen LogP contribution in [-0.4, -0.2) is 21.5 Å². The van der Waals surface area contributed by atoms with Crippen molar-refractivity contribution in [1.82, 2.24) is 9.78 Å². The molecule has 0 aliphatic rings. The molecule has 15 heavy (non-hydrogen) atoms. The van der Waals surface area contributed by atoms with Gasteiger partial charge in [0, 0.05) is 6.20 Å². The molecule has 0 unspecified atom stereocenters. The number of aromatic nitrogens is 2. The van der Waals surface area contributed by atoms with E-state index in [1.807, 2.05) is 0 Å². The molecule has 1 aromatic heterocycles. The third-order valence-electron chi connectivity index (χ3n) is 1.31. The molecule has 0 radical (unpaired) electrons. The first-order chi connectivity index (χ1) is 6.87. The highest BCUT2D eigenvalue weighted by molar-refractivity contribution is 9.10. The molecular formula is C9H13BrN2O3. The van der Waals surface area contributed by atoms with Gasteiger partial charge in [0.2, 0.25) is 0 Å². The van der Waals surface area contributed by atoms with Crippen LogP contribution >= 0.6 is 15.9 Å². The molecule has 1 heterocycles. The minimum Gasteiger partial charge on any atom is -0.429 e. The summed E-state index contributed by atoms with van der Waals surface area (Å²) in [5.41, 5.74) is -0.540. The van der Waals surface area contributed by atoms with Crippen molar-refractivity contribution >= 4 is 22.1 Å². The molecule has 0 spiro atoms. The Morgan fingerprint density at radius 3 is 2.73 bits per heavy atom. The third-order valence-corrected chi connectivity index (χ3v) is 1.74. The van der Waals surface area contributed by atoms with Gasteiger partial charge in [0.1, 0.15) is 10.2 Å². The minimum atomic E-state index is -0.700. The average Bonchev–Trinajstić information content (AvgIpc) is 2.45. The molecular weight excluding hydrogens is 264 g/mol. The van der Waals surface area contributed by atoms with Gasteiger partial charge < -0.3 is 9.47 Å². The van der Waals surface area contributed by atoms with Crippen LogP contribution in [0.4, 0.5) is 4.79 Å². The molecule has 0 saturated carbocycles. The second kappa shape index (κ2) is 4.65. The van der Waals surface area contributed by atoms with Gasteiger partial charge in [0.25, 0.3) is 0 Å². The summed E-state index contributed by atoms with van der Waals surface area (Å²) < 4.78 is 12.0. The van der Waals surface area contributed by atoms with Crippen LogP contribution in [0.15, 0.2) is 16.9 Å². The van der Waals surface area contributed by atoms with E-state index >= 15 is 0 Å². The van der Waals surface area contributed by atoms with E-state index in [1.54, 1.807) is 33.0 Å². The second-order valence-electron chi connectivity index (χ2n) is 3.92. The van der Waals surface area contributed by atoms with Crippen molar-refractivity contribution in [2.75, 3.05) is 0 Å². The normalized spacial score (nSPS) is 11.2. The van der Waals surface area contributed by atoms with Crippen molar-refractivity contribution in [1.29, 1.82) is 0 Å². The van der Waals surface area contributed by atoms with E-state index in [9.17, 15) is 4.79 Å². The maximum absolute atomic E-state index is 11.1. The van der Waals surface area contributed by atoms with Gasteiger partial charge in [-0.2, -0.15) is 5.10 Å². The Labute approximate surface area is 96.5 Å². The summed E-state index contributed by atoms with van der Waals surface area (Å²) in [5, 5.41) is 3.98. The van der Waals surface area contributed by atoms with Gasteiger partial charge in [-0.1, -0.05) is 0 Å². The highest BCUT2D eigenvalue weighted by Gasteiger charge is 2.17. The lowest BCUT2D eigenvalue weighted by Gasteiger charge is -2.18. The van der Waals surface area contributed by atoms with Gasteiger partial charge in [-0.3, -0.25) is 0 Å². The van der Waals surface area contributed by atoms with E-state index < -0.39 is 11.8 Å². The Morgan fingerprint density at radius 2 is 2.27 bits per heavy atom. The highest BCUT2D eigenvalue weighted by Crippen LogP contribution is 2.09. The molecule has 1 rings (SSSR count). The van der Waals surface area contributed by atoms with Gasteiger partial charge in [0.15, 0.2) is 6.73 Å². The molecule has 0 aromatic carbocycles. The number of carbonyl (C=O) groups is 1. The first-order valence-corrected chi connectivity index (χ1v) is 5.21. The summed E-state index contributed by atoms with van der Waals surface area (Å²) >= 11 is 3.18. The topological polar surface area (TPSA) is 53.4 Å². The second-order valence-corrected chi connectivity index (χ2v) is 4.73. The standard InChI is InChI=1S/C9H13BrN2O3/c1-9(2,3)15-8(13)14-6-12-5-4-7(10)11-12/h4-5H,6H2,1-3H3. The molecule has 84 valence electrons. The summed E-state index contributed by atoms with van der Waals surface area (Å²) in [6.45, 7) is 5.37. The van der Waals surface area contributed by atoms with E-state index in [-0.39, 0.29) is 6.73 Å². The van der Waals surface area contributed by atoms with Crippen LogP contribution in [0.1, 0.15) is 20.8 Å². The molecule has 5 nitrogen and oxygen atoms in total. The Bertz CT molecular complexity index is 343. The lowest BCUT2D eigenvalue weighted by atomic mass is 10.2. The van der Waals surface area contributed by atoms with Crippen molar-refractivity contribution in [3.63, 3.8) is 0 Å². The average molecular weight is 277 g/mol. The largest absolute Gasteiger partial charge is 0.510 e. The minimum absolute atomic E-state index is 0.0422. The lowest BCUT2D eigenvalue weighted by Crippen LogP contribution is -2.25. The fraction of sp³-hybridized carbons (Fsp3) is 0.556. The molecule has 1 aromatic rings. The zero-order valence-electron chi connectivity index (χ0n) is 8.86. The zero-order valence-corrected chi connectivity index (χ0v) is 10.4. The number of hydrogen-bond donors (Lipinski definition) is 0. The summed E-state index contributed by atoms with van der Waals surface area (Å²) in [5.74, 6) is 0. The van der Waals surface area contributed by atoms with Crippen molar-refractivity contribution in [3.8, 4) is 0 Å². The molecule has 0 fully saturated rings. The Kier molecular flexibility index (Phi) is 3.73. The summed E-state index contributed by atoms with van der Waals surface area (Å²) in [6, 6.07) is 1.75. The van der Waals surface area contributed by atoms with Crippen LogP contribution in [-0.2, 0) is 16.2 Å². The van der Waals surface area contributed by atoms with Crippen LogP contribution in [0.5, 0.6) is 0 Å². The van der Waals surface area contributed by atoms with E-state index in [0.717, 1.165) is 0 Å². The molecule has 0 bridgehead atoms. The molecule has 0 aliphatic heterocycles. The molecule has 0 atom stereocenters. The molecule has 0 N–H and O–H groups in total. The smallest absolute Gasteiger partial charge is 0.429 e. The number of carbonyl (C=O) groups excluding carboxylic acids is 1. The number of nitrogens with zero attached hydrogens (tertiary/aromatic N) is 2. The first kappa shape index (κ1) is 12.0. The van der Waals surface area contributed by atoms with E-state index in [0.29, 0.717) is 4.60 Å². The van der Waals surface area contributed by atoms with Crippen LogP contribution in [0, 0.1) is 0 Å². The van der Waals surface area contributed by atoms with Gasteiger partial charge in [-0.25, -0.2) is 9.48 Å². The lowest BCUT2D eigenvalue weighted by molar-refractivity contribution is -0.0223. The SMILES string of the molecule is CC(C)(C)OC(=O)OCn1ccc(Br)n1. The van der Waals surface area contributed by atoms with Crippen LogP contribution in [0.3, 0.4) is 0 Å². The molecule has 0 amide bonds. The van der Waals surface area contributed by atoms with E-state index in [1.165, 1.54) is 4.68 Å². The zero-order chi connectivity index (χ0) is 11.5. The van der Waals surface area contributed by atoms with Crippen molar-refractivity contribution in [2.24, 2.45) is 0 Å². The number of ether oxygens (including phenoxy) is 2. The summed E-state index contributed by atoms with van der Waals surface area (Å²) in [6.07, 6.45) is 0.989. The van der Waals surface area contributed by atoms with E-state index in [4.69, 9.17) is 9.47 Å². The third kappa shape index (κ3) is 4.83. The molecule has 0 aliphatic carbocycles. The van der Waals surface area contributed by atoms with E-state index in [2.05, 4.69) is 21.0 Å². The fourth-order valence-corrected chi connectivity index (χ4v) is 1.13. The van der Waals surface area contributed by atoms with Crippen molar-refractivity contribution in [2.45, 2.75) is 33.1 Å². The van der Waals surface area contributed by atoms with Crippen molar-refractivity contribution in [3.05, 3.63) is 16.9 Å². The van der Waals surface area contributed by atoms with Gasteiger partial charge in [-0.05, 0) is 42.8 Å². The molecule has 6 heteroatoms. The van der Waals surface area contributed by atoms with Crippen LogP contribution < -0.4 is 0 Å². The first-order valence-electron chi connectivity index (χ1n) is 4.41. The highest BCUT2D eigenvalue weighted by atomic mass is 79.9. The quantitative estimate of drug-likeness (QED) is 0.779. The predicted octanol–water partition coefficient (Wildman–Crippen LogP) is 2.55. The summed E-state index contributed by atoms with van der Waals surface area (Å²) in [4.78, 5) is 11.1. The monoisotopic (exact) mass is 276 g/mol. The van der Waals surface area contributed by atoms with Crippen LogP contribution in [0.2, 0.25) is 0 Å². The van der Waals surface area contributed by atoms with Crippen molar-refractivity contribution < 1.29 is 14.3 Å². The summed E-state index contributed by atoms with van der Waals surface area (Å²) in [7, 11) is 0.